The molecule has 9 N–H and O–H groups in total. The number of aliphatic hydroxyl groups excluding tert-OH is 8. The van der Waals surface area contributed by atoms with Gasteiger partial charge < -0.3 is 65.1 Å². The summed E-state index contributed by atoms with van der Waals surface area (Å²) in [7, 11) is 0. The van der Waals surface area contributed by atoms with E-state index in [9.17, 15) is 45.6 Å². The molecule has 14 nitrogen and oxygen atoms in total. The van der Waals surface area contributed by atoms with E-state index < -0.39 is 86.8 Å². The number of nitrogens with one attached hydrogen (secondary N) is 1. The number of carbonyl (C=O) groups is 1. The Labute approximate surface area is 434 Å². The molecule has 2 aliphatic rings. The highest BCUT2D eigenvalue weighted by Gasteiger charge is 2.51. The number of unbranched alkanes of at least 4 members (excludes halogenated alkanes) is 20. The molecule has 2 saturated heterocycles. The molecular weight excluding hydrogens is 919 g/mol. The summed E-state index contributed by atoms with van der Waals surface area (Å²) in [6, 6.07) is -0.918. The molecule has 72 heavy (non-hydrogen) atoms. The molecule has 2 rings (SSSR count). The summed E-state index contributed by atoms with van der Waals surface area (Å²) in [6.45, 7) is 2.65. The molecule has 0 aromatic heterocycles. The lowest BCUT2D eigenvalue weighted by Gasteiger charge is -2.46. The molecule has 0 aliphatic carbocycles. The second-order valence-electron chi connectivity index (χ2n) is 19.7. The third-order valence-electron chi connectivity index (χ3n) is 13.4. The largest absolute Gasteiger partial charge is 0.394 e. The Hall–Kier alpha value is -2.57. The van der Waals surface area contributed by atoms with Crippen LogP contribution in [0.15, 0.2) is 72.9 Å². The predicted molar refractivity (Wildman–Crippen MR) is 286 cm³/mol. The number of carbonyl (C=O) groups excluding carboxylic acids is 1. The van der Waals surface area contributed by atoms with Gasteiger partial charge in [0.1, 0.15) is 48.8 Å². The minimum absolute atomic E-state index is 0.247. The maximum absolute atomic E-state index is 13.2. The van der Waals surface area contributed by atoms with Crippen molar-refractivity contribution in [3.63, 3.8) is 0 Å². The molecule has 14 heteroatoms. The van der Waals surface area contributed by atoms with Crippen LogP contribution >= 0.6 is 0 Å². The van der Waals surface area contributed by atoms with Gasteiger partial charge in [0.2, 0.25) is 5.91 Å². The van der Waals surface area contributed by atoms with Crippen LogP contribution in [0.4, 0.5) is 0 Å². The van der Waals surface area contributed by atoms with Gasteiger partial charge in [-0.05, 0) is 64.2 Å². The lowest BCUT2D eigenvalue weighted by molar-refractivity contribution is -0.359. The molecule has 0 radical (unpaired) electrons. The minimum atomic E-state index is -1.79. The number of rotatable bonds is 43. The Morgan fingerprint density at radius 1 is 0.514 bits per heavy atom. The molecule has 0 spiro atoms. The quantitative estimate of drug-likeness (QED) is 0.0206. The number of hydrogen-bond donors (Lipinski definition) is 9. The van der Waals surface area contributed by atoms with Crippen molar-refractivity contribution in [1.82, 2.24) is 5.32 Å². The summed E-state index contributed by atoms with van der Waals surface area (Å²) in [6.07, 6.45) is 39.5. The number of aliphatic hydroxyl groups is 8. The first-order chi connectivity index (χ1) is 35.1. The highest BCUT2D eigenvalue weighted by molar-refractivity contribution is 5.76. The number of hydrogen-bond acceptors (Lipinski definition) is 13. The van der Waals surface area contributed by atoms with Crippen LogP contribution < -0.4 is 5.32 Å². The molecular formula is C58H101NO13. The predicted octanol–water partition coefficient (Wildman–Crippen LogP) is 8.77. The van der Waals surface area contributed by atoms with Gasteiger partial charge in [0.25, 0.3) is 0 Å². The number of ether oxygens (including phenoxy) is 4. The summed E-state index contributed by atoms with van der Waals surface area (Å²) < 4.78 is 22.7. The van der Waals surface area contributed by atoms with Crippen molar-refractivity contribution in [2.45, 2.75) is 267 Å². The normalized spacial score (nSPS) is 26.1. The fraction of sp³-hybridized carbons (Fsp3) is 0.776. The molecule has 12 unspecified atom stereocenters. The van der Waals surface area contributed by atoms with Crippen LogP contribution in [0.2, 0.25) is 0 Å². The summed E-state index contributed by atoms with van der Waals surface area (Å²) in [5.41, 5.74) is 0. The monoisotopic (exact) mass is 1020 g/mol. The number of amides is 1. The van der Waals surface area contributed by atoms with Gasteiger partial charge in [-0.25, -0.2) is 0 Å². The Morgan fingerprint density at radius 2 is 0.958 bits per heavy atom. The van der Waals surface area contributed by atoms with Crippen LogP contribution in [0, 0.1) is 0 Å². The van der Waals surface area contributed by atoms with Gasteiger partial charge in [-0.2, -0.15) is 0 Å². The second kappa shape index (κ2) is 43.6. The third kappa shape index (κ3) is 29.5. The Bertz CT molecular complexity index is 1480. The van der Waals surface area contributed by atoms with Gasteiger partial charge in [-0.15, -0.1) is 0 Å². The second-order valence-corrected chi connectivity index (χ2v) is 19.7. The molecule has 12 atom stereocenters. The zero-order valence-electron chi connectivity index (χ0n) is 44.4. The maximum atomic E-state index is 13.2. The Balaban J connectivity index is 1.72. The molecule has 1 amide bonds. The zero-order valence-corrected chi connectivity index (χ0v) is 44.4. The van der Waals surface area contributed by atoms with Crippen molar-refractivity contribution in [3.05, 3.63) is 72.9 Å². The average molecular weight is 1020 g/mol. The molecule has 2 fully saturated rings. The van der Waals surface area contributed by atoms with Crippen molar-refractivity contribution in [2.24, 2.45) is 0 Å². The van der Waals surface area contributed by atoms with E-state index in [1.807, 2.05) is 6.08 Å². The van der Waals surface area contributed by atoms with Crippen molar-refractivity contribution >= 4 is 5.91 Å². The third-order valence-corrected chi connectivity index (χ3v) is 13.4. The van der Waals surface area contributed by atoms with Gasteiger partial charge in [0.15, 0.2) is 12.6 Å². The van der Waals surface area contributed by atoms with Gasteiger partial charge in [0.05, 0.1) is 32.0 Å². The Kier molecular flexibility index (Phi) is 39.7. The first-order valence-electron chi connectivity index (χ1n) is 28.2. The molecule has 2 aliphatic heterocycles. The standard InChI is InChI=1S/C58H101NO13/c1-3-5-7-9-11-13-15-16-17-18-19-20-21-22-23-24-25-26-27-28-29-30-32-34-36-38-40-42-50(63)59-46(47(62)41-39-37-35-33-31-14-12-10-8-6-4-2)45-69-57-55(68)53(66)56(49(44-61)71-57)72-58-54(67)52(65)51(64)48(43-60)70-58/h5,7,11,13,16-17,19-20,22-23,39,41,46-49,51-58,60-62,64-68H,3-4,6,8-10,12,14-15,18,21,24-38,40,42-45H2,1-2H3,(H,59,63)/b7-5-,13-11-,17-16-,20-19-,23-22-,41-39+. The fourth-order valence-electron chi connectivity index (χ4n) is 8.85. The van der Waals surface area contributed by atoms with E-state index >= 15 is 0 Å². The number of allylic oxidation sites excluding steroid dienone is 11. The van der Waals surface area contributed by atoms with Crippen molar-refractivity contribution in [2.75, 3.05) is 19.8 Å². The lowest BCUT2D eigenvalue weighted by Crippen LogP contribution is -2.65. The molecule has 0 saturated carbocycles. The van der Waals surface area contributed by atoms with E-state index in [1.54, 1.807) is 6.08 Å². The molecule has 0 aromatic carbocycles. The van der Waals surface area contributed by atoms with E-state index in [1.165, 1.54) is 89.9 Å². The first kappa shape index (κ1) is 65.5. The van der Waals surface area contributed by atoms with Crippen LogP contribution in [0.1, 0.15) is 194 Å². The van der Waals surface area contributed by atoms with E-state index in [0.29, 0.717) is 6.42 Å². The van der Waals surface area contributed by atoms with Gasteiger partial charge in [-0.1, -0.05) is 196 Å². The van der Waals surface area contributed by atoms with Crippen molar-refractivity contribution in [3.8, 4) is 0 Å². The van der Waals surface area contributed by atoms with Gasteiger partial charge in [0, 0.05) is 6.42 Å². The van der Waals surface area contributed by atoms with Crippen LogP contribution in [-0.2, 0) is 23.7 Å². The van der Waals surface area contributed by atoms with Crippen molar-refractivity contribution in [1.29, 1.82) is 0 Å². The average Bonchev–Trinajstić information content (AvgIpc) is 3.38. The SMILES string of the molecule is CC/C=C\C/C=C\C/C=C\C/C=C\C/C=C\CCCCCCCCCCCCCC(=O)NC(COC1OC(CO)C(OC2OC(CO)C(O)C(O)C2O)C(O)C1O)C(O)/C=C/CCCCCCCCCCC. The van der Waals surface area contributed by atoms with E-state index in [2.05, 4.69) is 79.9 Å². The highest BCUT2D eigenvalue weighted by atomic mass is 16.7. The maximum Gasteiger partial charge on any atom is 0.220 e. The van der Waals surface area contributed by atoms with Crippen molar-refractivity contribution < 1.29 is 64.6 Å². The summed E-state index contributed by atoms with van der Waals surface area (Å²) >= 11 is 0. The van der Waals surface area contributed by atoms with Crippen LogP contribution in [0.5, 0.6) is 0 Å². The highest BCUT2D eigenvalue weighted by Crippen LogP contribution is 2.30. The van der Waals surface area contributed by atoms with Gasteiger partial charge in [-0.3, -0.25) is 4.79 Å². The minimum Gasteiger partial charge on any atom is -0.394 e. The molecule has 0 bridgehead atoms. The topological polar surface area (TPSA) is 228 Å². The summed E-state index contributed by atoms with van der Waals surface area (Å²) in [4.78, 5) is 13.2. The Morgan fingerprint density at radius 3 is 1.47 bits per heavy atom. The zero-order chi connectivity index (χ0) is 52.4. The van der Waals surface area contributed by atoms with E-state index in [4.69, 9.17) is 18.9 Å². The summed E-state index contributed by atoms with van der Waals surface area (Å²) in [5.74, 6) is -0.247. The summed E-state index contributed by atoms with van der Waals surface area (Å²) in [5, 5.41) is 86.8. The fourth-order valence-corrected chi connectivity index (χ4v) is 8.85. The van der Waals surface area contributed by atoms with E-state index in [0.717, 1.165) is 77.0 Å². The smallest absolute Gasteiger partial charge is 0.220 e. The van der Waals surface area contributed by atoms with E-state index in [-0.39, 0.29) is 18.9 Å². The van der Waals surface area contributed by atoms with Crippen LogP contribution in [0.3, 0.4) is 0 Å². The molecule has 416 valence electrons. The van der Waals surface area contributed by atoms with Crippen LogP contribution in [0.25, 0.3) is 0 Å². The lowest BCUT2D eigenvalue weighted by atomic mass is 9.97. The van der Waals surface area contributed by atoms with Crippen LogP contribution in [-0.4, -0.2) is 140 Å². The first-order valence-corrected chi connectivity index (χ1v) is 28.2. The molecule has 0 aromatic rings. The van der Waals surface area contributed by atoms with Gasteiger partial charge >= 0.3 is 0 Å². The molecule has 2 heterocycles.